The van der Waals surface area contributed by atoms with Gasteiger partial charge in [0.1, 0.15) is 5.02 Å². The molecule has 21 heavy (non-hydrogen) atoms. The number of thiazole rings is 1. The van der Waals surface area contributed by atoms with E-state index >= 15 is 0 Å². The summed E-state index contributed by atoms with van der Waals surface area (Å²) in [6.07, 6.45) is 0. The molecule has 1 atom stereocenters. The summed E-state index contributed by atoms with van der Waals surface area (Å²) in [5, 5.41) is 15.3. The second-order valence-electron chi connectivity index (χ2n) is 4.92. The van der Waals surface area contributed by atoms with Gasteiger partial charge in [-0.25, -0.2) is 4.98 Å². The van der Waals surface area contributed by atoms with Crippen LogP contribution in [0.15, 0.2) is 12.1 Å². The molecule has 2 rings (SSSR count). The van der Waals surface area contributed by atoms with Gasteiger partial charge in [0.05, 0.1) is 21.7 Å². The van der Waals surface area contributed by atoms with Crippen LogP contribution in [0.1, 0.15) is 34.1 Å². The van der Waals surface area contributed by atoms with Gasteiger partial charge >= 0.3 is 0 Å². The van der Waals surface area contributed by atoms with Crippen LogP contribution >= 0.6 is 22.9 Å². The highest BCUT2D eigenvalue weighted by molar-refractivity contribution is 7.11. The van der Waals surface area contributed by atoms with Gasteiger partial charge in [0.25, 0.3) is 5.69 Å². The molecule has 0 aliphatic rings. The molecule has 1 N–H and O–H groups in total. The number of hydrogen-bond acceptors (Lipinski definition) is 5. The zero-order valence-corrected chi connectivity index (χ0v) is 13.8. The normalized spacial score (nSPS) is 12.2. The summed E-state index contributed by atoms with van der Waals surface area (Å²) in [5.41, 5.74) is 2.48. The van der Waals surface area contributed by atoms with Crippen molar-refractivity contribution >= 4 is 34.3 Å². The Bertz CT molecular complexity index is 700. The third kappa shape index (κ3) is 3.33. The van der Waals surface area contributed by atoms with Crippen LogP contribution in [0.25, 0.3) is 0 Å². The van der Waals surface area contributed by atoms with Gasteiger partial charge in [-0.3, -0.25) is 10.1 Å². The smallest absolute Gasteiger partial charge is 0.288 e. The summed E-state index contributed by atoms with van der Waals surface area (Å²) in [6.45, 7) is 7.84. The Balaban J connectivity index is 2.29. The lowest BCUT2D eigenvalue weighted by Gasteiger charge is -2.16. The minimum atomic E-state index is -0.476. The largest absolute Gasteiger partial charge is 0.377 e. The zero-order chi connectivity index (χ0) is 15.7. The van der Waals surface area contributed by atoms with E-state index in [1.54, 1.807) is 17.4 Å². The quantitative estimate of drug-likeness (QED) is 0.647. The third-order valence-corrected chi connectivity index (χ3v) is 4.42. The summed E-state index contributed by atoms with van der Waals surface area (Å²) in [6, 6.07) is 3.09. The molecular weight excluding hydrogens is 310 g/mol. The van der Waals surface area contributed by atoms with Crippen molar-refractivity contribution in [3.63, 3.8) is 0 Å². The molecule has 0 spiro atoms. The molecule has 0 amide bonds. The van der Waals surface area contributed by atoms with Crippen molar-refractivity contribution in [2.75, 3.05) is 5.32 Å². The first-order chi connectivity index (χ1) is 9.79. The van der Waals surface area contributed by atoms with Crippen molar-refractivity contribution in [1.82, 2.24) is 4.98 Å². The van der Waals surface area contributed by atoms with Crippen LogP contribution < -0.4 is 5.32 Å². The molecule has 0 fully saturated rings. The number of nitro groups is 1. The maximum Gasteiger partial charge on any atom is 0.288 e. The van der Waals surface area contributed by atoms with E-state index in [2.05, 4.69) is 10.3 Å². The minimum absolute atomic E-state index is 0.00572. The van der Waals surface area contributed by atoms with Crippen LogP contribution in [-0.2, 0) is 0 Å². The predicted molar refractivity (Wildman–Crippen MR) is 86.5 cm³/mol. The molecule has 0 aliphatic heterocycles. The van der Waals surface area contributed by atoms with E-state index in [4.69, 9.17) is 11.6 Å². The van der Waals surface area contributed by atoms with E-state index in [0.717, 1.165) is 26.8 Å². The summed E-state index contributed by atoms with van der Waals surface area (Å²) < 4.78 is 0. The summed E-state index contributed by atoms with van der Waals surface area (Å²) in [7, 11) is 0. The number of nitrogens with zero attached hydrogens (tertiary/aromatic N) is 2. The number of anilines is 1. The van der Waals surface area contributed by atoms with Crippen molar-refractivity contribution < 1.29 is 4.92 Å². The van der Waals surface area contributed by atoms with Gasteiger partial charge < -0.3 is 5.32 Å². The van der Waals surface area contributed by atoms with Gasteiger partial charge in [0, 0.05) is 16.6 Å². The van der Waals surface area contributed by atoms with Crippen LogP contribution in [-0.4, -0.2) is 9.91 Å². The first-order valence-corrected chi connectivity index (χ1v) is 7.64. The minimum Gasteiger partial charge on any atom is -0.377 e. The Morgan fingerprint density at radius 3 is 2.57 bits per heavy atom. The highest BCUT2D eigenvalue weighted by Gasteiger charge is 2.18. The van der Waals surface area contributed by atoms with Gasteiger partial charge in [-0.15, -0.1) is 11.3 Å². The Kier molecular flexibility index (Phi) is 4.49. The summed E-state index contributed by atoms with van der Waals surface area (Å²) in [5.74, 6) is 0. The lowest BCUT2D eigenvalue weighted by molar-refractivity contribution is -0.384. The average Bonchev–Trinajstić information content (AvgIpc) is 2.72. The SMILES string of the molecule is Cc1nc(C(C)Nc2cc(Cl)c([N+](=O)[O-])cc2C)c(C)s1. The van der Waals surface area contributed by atoms with Gasteiger partial charge in [-0.1, -0.05) is 11.6 Å². The third-order valence-electron chi connectivity index (χ3n) is 3.21. The average molecular weight is 326 g/mol. The molecule has 7 heteroatoms. The van der Waals surface area contributed by atoms with Crippen molar-refractivity contribution in [2.24, 2.45) is 0 Å². The van der Waals surface area contributed by atoms with Gasteiger partial charge in [-0.05, 0) is 39.3 Å². The van der Waals surface area contributed by atoms with E-state index in [0.29, 0.717) is 0 Å². The topological polar surface area (TPSA) is 68.1 Å². The Morgan fingerprint density at radius 2 is 2.05 bits per heavy atom. The number of aryl methyl sites for hydroxylation is 3. The van der Waals surface area contributed by atoms with Gasteiger partial charge in [-0.2, -0.15) is 0 Å². The molecule has 0 bridgehead atoms. The fourth-order valence-electron chi connectivity index (χ4n) is 2.21. The van der Waals surface area contributed by atoms with E-state index < -0.39 is 4.92 Å². The predicted octanol–water partition coefficient (Wildman–Crippen LogP) is 4.80. The number of nitro benzene ring substituents is 1. The number of aromatic nitrogens is 1. The zero-order valence-electron chi connectivity index (χ0n) is 12.2. The number of benzene rings is 1. The molecule has 1 aromatic heterocycles. The van der Waals surface area contributed by atoms with Crippen LogP contribution in [0.5, 0.6) is 0 Å². The van der Waals surface area contributed by atoms with Crippen molar-refractivity contribution in [3.05, 3.63) is 48.4 Å². The van der Waals surface area contributed by atoms with Crippen molar-refractivity contribution in [3.8, 4) is 0 Å². The number of halogens is 1. The monoisotopic (exact) mass is 325 g/mol. The molecule has 1 unspecified atom stereocenters. The molecule has 0 saturated carbocycles. The highest BCUT2D eigenvalue weighted by atomic mass is 35.5. The van der Waals surface area contributed by atoms with Crippen molar-refractivity contribution in [1.29, 1.82) is 0 Å². The van der Waals surface area contributed by atoms with Gasteiger partial charge in [0.2, 0.25) is 0 Å². The van der Waals surface area contributed by atoms with Crippen LogP contribution in [0, 0.1) is 30.9 Å². The highest BCUT2D eigenvalue weighted by Crippen LogP contribution is 2.33. The van der Waals surface area contributed by atoms with E-state index in [-0.39, 0.29) is 16.8 Å². The molecule has 5 nitrogen and oxygen atoms in total. The van der Waals surface area contributed by atoms with Gasteiger partial charge in [0.15, 0.2) is 0 Å². The Labute approximate surface area is 132 Å². The Hall–Kier alpha value is -1.66. The van der Waals surface area contributed by atoms with Crippen LogP contribution in [0.4, 0.5) is 11.4 Å². The first kappa shape index (κ1) is 15.7. The molecule has 0 saturated heterocycles. The second kappa shape index (κ2) is 5.99. The first-order valence-electron chi connectivity index (χ1n) is 6.44. The van der Waals surface area contributed by atoms with Crippen molar-refractivity contribution in [2.45, 2.75) is 33.7 Å². The molecule has 1 heterocycles. The number of nitrogens with one attached hydrogen (secondary N) is 1. The van der Waals surface area contributed by atoms with E-state index in [1.165, 1.54) is 6.07 Å². The maximum absolute atomic E-state index is 10.9. The number of hydrogen-bond donors (Lipinski definition) is 1. The lowest BCUT2D eigenvalue weighted by Crippen LogP contribution is -2.09. The summed E-state index contributed by atoms with van der Waals surface area (Å²) in [4.78, 5) is 16.1. The summed E-state index contributed by atoms with van der Waals surface area (Å²) >= 11 is 7.62. The molecule has 1 aromatic carbocycles. The standard InChI is InChI=1S/C14H16ClN3O2S/c1-7-5-13(18(19)20)11(15)6-12(7)16-8(2)14-9(3)21-10(4)17-14/h5-6,8,16H,1-4H3. The second-order valence-corrected chi connectivity index (χ2v) is 6.73. The molecule has 2 aromatic rings. The molecule has 0 aliphatic carbocycles. The van der Waals surface area contributed by atoms with Crippen LogP contribution in [0.3, 0.4) is 0 Å². The maximum atomic E-state index is 10.9. The van der Waals surface area contributed by atoms with E-state index in [9.17, 15) is 10.1 Å². The molecular formula is C14H16ClN3O2S. The lowest BCUT2D eigenvalue weighted by atomic mass is 10.1. The molecule has 0 radical (unpaired) electrons. The fraction of sp³-hybridized carbons (Fsp3) is 0.357. The van der Waals surface area contributed by atoms with Crippen LogP contribution in [0.2, 0.25) is 5.02 Å². The number of rotatable bonds is 4. The molecule has 112 valence electrons. The van der Waals surface area contributed by atoms with E-state index in [1.807, 2.05) is 27.7 Å². The Morgan fingerprint density at radius 1 is 1.38 bits per heavy atom. The fourth-order valence-corrected chi connectivity index (χ4v) is 3.36.